The van der Waals surface area contributed by atoms with Crippen molar-refractivity contribution in [1.29, 1.82) is 0 Å². The van der Waals surface area contributed by atoms with Crippen LogP contribution in [0.25, 0.3) is 0 Å². The minimum absolute atomic E-state index is 0.152. The van der Waals surface area contributed by atoms with E-state index in [1.807, 2.05) is 30.3 Å². The zero-order valence-corrected chi connectivity index (χ0v) is 10.8. The lowest BCUT2D eigenvalue weighted by Crippen LogP contribution is -2.33. The SMILES string of the molecule is Cc1cc(F)ccc1C(=O)C(N)Cc1ccccc1. The second-order valence-corrected chi connectivity index (χ2v) is 4.62. The van der Waals surface area contributed by atoms with Gasteiger partial charge >= 0.3 is 0 Å². The number of Topliss-reactive ketones (excluding diaryl/α,β-unsaturated/α-hetero) is 1. The van der Waals surface area contributed by atoms with Crippen LogP contribution in [0.4, 0.5) is 4.39 Å². The topological polar surface area (TPSA) is 43.1 Å². The Labute approximate surface area is 112 Å². The average Bonchev–Trinajstić information content (AvgIpc) is 2.39. The summed E-state index contributed by atoms with van der Waals surface area (Å²) in [4.78, 5) is 12.2. The van der Waals surface area contributed by atoms with Crippen LogP contribution in [0.3, 0.4) is 0 Å². The summed E-state index contributed by atoms with van der Waals surface area (Å²) < 4.78 is 13.0. The van der Waals surface area contributed by atoms with Crippen LogP contribution in [0.5, 0.6) is 0 Å². The van der Waals surface area contributed by atoms with Gasteiger partial charge in [-0.25, -0.2) is 4.39 Å². The van der Waals surface area contributed by atoms with Crippen LogP contribution in [0.2, 0.25) is 0 Å². The van der Waals surface area contributed by atoms with Crippen LogP contribution in [0.15, 0.2) is 48.5 Å². The molecule has 0 aliphatic heterocycles. The van der Waals surface area contributed by atoms with E-state index in [9.17, 15) is 9.18 Å². The first-order valence-corrected chi connectivity index (χ1v) is 6.18. The highest BCUT2D eigenvalue weighted by atomic mass is 19.1. The van der Waals surface area contributed by atoms with Gasteiger partial charge < -0.3 is 5.73 Å². The normalized spacial score (nSPS) is 12.2. The second-order valence-electron chi connectivity index (χ2n) is 4.62. The van der Waals surface area contributed by atoms with Crippen molar-refractivity contribution < 1.29 is 9.18 Å². The van der Waals surface area contributed by atoms with E-state index >= 15 is 0 Å². The third kappa shape index (κ3) is 3.26. The van der Waals surface area contributed by atoms with Crippen LogP contribution in [-0.4, -0.2) is 11.8 Å². The number of aryl methyl sites for hydroxylation is 1. The Balaban J connectivity index is 2.15. The average molecular weight is 257 g/mol. The number of carbonyl (C=O) groups is 1. The highest BCUT2D eigenvalue weighted by Gasteiger charge is 2.18. The van der Waals surface area contributed by atoms with E-state index in [1.165, 1.54) is 18.2 Å². The van der Waals surface area contributed by atoms with Crippen LogP contribution < -0.4 is 5.73 Å². The number of rotatable bonds is 4. The van der Waals surface area contributed by atoms with E-state index in [0.717, 1.165) is 5.56 Å². The molecule has 0 saturated heterocycles. The van der Waals surface area contributed by atoms with Crippen LogP contribution in [0.1, 0.15) is 21.5 Å². The quantitative estimate of drug-likeness (QED) is 0.856. The summed E-state index contributed by atoms with van der Waals surface area (Å²) in [5, 5.41) is 0. The van der Waals surface area contributed by atoms with E-state index in [1.54, 1.807) is 6.92 Å². The summed E-state index contributed by atoms with van der Waals surface area (Å²) in [5.74, 6) is -0.493. The van der Waals surface area contributed by atoms with Gasteiger partial charge in [-0.15, -0.1) is 0 Å². The number of hydrogen-bond donors (Lipinski definition) is 1. The summed E-state index contributed by atoms with van der Waals surface area (Å²) in [6.45, 7) is 1.71. The first-order valence-electron chi connectivity index (χ1n) is 6.18. The van der Waals surface area contributed by atoms with Crippen molar-refractivity contribution >= 4 is 5.78 Å². The Hall–Kier alpha value is -2.00. The number of benzene rings is 2. The Morgan fingerprint density at radius 3 is 2.53 bits per heavy atom. The molecule has 2 aromatic carbocycles. The van der Waals surface area contributed by atoms with Crippen molar-refractivity contribution in [2.24, 2.45) is 5.73 Å². The summed E-state index contributed by atoms with van der Waals surface area (Å²) in [7, 11) is 0. The number of halogens is 1. The van der Waals surface area contributed by atoms with Gasteiger partial charge in [0.2, 0.25) is 0 Å². The van der Waals surface area contributed by atoms with E-state index in [-0.39, 0.29) is 11.6 Å². The van der Waals surface area contributed by atoms with Gasteiger partial charge in [-0.2, -0.15) is 0 Å². The molecular formula is C16H16FNO. The standard InChI is InChI=1S/C16H16FNO/c1-11-9-13(17)7-8-14(11)16(19)15(18)10-12-5-3-2-4-6-12/h2-9,15H,10,18H2,1H3. The third-order valence-corrected chi connectivity index (χ3v) is 3.09. The molecule has 2 rings (SSSR count). The molecule has 0 amide bonds. The highest BCUT2D eigenvalue weighted by molar-refractivity contribution is 6.01. The first kappa shape index (κ1) is 13.4. The van der Waals surface area contributed by atoms with E-state index in [2.05, 4.69) is 0 Å². The smallest absolute Gasteiger partial charge is 0.180 e. The first-order chi connectivity index (χ1) is 9.08. The molecule has 0 aliphatic carbocycles. The minimum Gasteiger partial charge on any atom is -0.321 e. The highest BCUT2D eigenvalue weighted by Crippen LogP contribution is 2.14. The minimum atomic E-state index is -0.605. The summed E-state index contributed by atoms with van der Waals surface area (Å²) in [6.07, 6.45) is 0.483. The van der Waals surface area contributed by atoms with Crippen molar-refractivity contribution in [3.63, 3.8) is 0 Å². The predicted molar refractivity (Wildman–Crippen MR) is 73.6 cm³/mol. The molecule has 0 spiro atoms. The van der Waals surface area contributed by atoms with Crippen molar-refractivity contribution in [3.05, 3.63) is 71.0 Å². The number of carbonyl (C=O) groups excluding carboxylic acids is 1. The Bertz CT molecular complexity index is 581. The van der Waals surface area contributed by atoms with Crippen LogP contribution in [-0.2, 0) is 6.42 Å². The summed E-state index contributed by atoms with van der Waals surface area (Å²) in [5.41, 5.74) is 8.07. The monoisotopic (exact) mass is 257 g/mol. The van der Waals surface area contributed by atoms with E-state index in [0.29, 0.717) is 17.5 Å². The van der Waals surface area contributed by atoms with E-state index in [4.69, 9.17) is 5.73 Å². The molecule has 0 heterocycles. The molecule has 3 heteroatoms. The number of ketones is 1. The Morgan fingerprint density at radius 1 is 1.21 bits per heavy atom. The van der Waals surface area contributed by atoms with Crippen molar-refractivity contribution in [3.8, 4) is 0 Å². The maximum absolute atomic E-state index is 13.0. The molecule has 1 unspecified atom stereocenters. The van der Waals surface area contributed by atoms with Crippen LogP contribution >= 0.6 is 0 Å². The molecular weight excluding hydrogens is 241 g/mol. The van der Waals surface area contributed by atoms with Gasteiger partial charge in [-0.3, -0.25) is 4.79 Å². The van der Waals surface area contributed by atoms with Gasteiger partial charge in [0.1, 0.15) is 5.82 Å². The van der Waals surface area contributed by atoms with Crippen molar-refractivity contribution in [2.75, 3.05) is 0 Å². The largest absolute Gasteiger partial charge is 0.321 e. The molecule has 0 aliphatic rings. The van der Waals surface area contributed by atoms with Gasteiger partial charge in [0, 0.05) is 5.56 Å². The predicted octanol–water partition coefficient (Wildman–Crippen LogP) is 2.89. The molecule has 0 radical (unpaired) electrons. The van der Waals surface area contributed by atoms with Crippen molar-refractivity contribution in [1.82, 2.24) is 0 Å². The third-order valence-electron chi connectivity index (χ3n) is 3.09. The molecule has 2 nitrogen and oxygen atoms in total. The Kier molecular flexibility index (Phi) is 4.07. The van der Waals surface area contributed by atoms with Gasteiger partial charge in [0.05, 0.1) is 6.04 Å². The number of hydrogen-bond acceptors (Lipinski definition) is 2. The van der Waals surface area contributed by atoms with Gasteiger partial charge in [-0.05, 0) is 42.7 Å². The number of nitrogens with two attached hydrogens (primary N) is 1. The molecule has 0 fully saturated rings. The van der Waals surface area contributed by atoms with Gasteiger partial charge in [-0.1, -0.05) is 30.3 Å². The molecule has 19 heavy (non-hydrogen) atoms. The maximum Gasteiger partial charge on any atom is 0.180 e. The summed E-state index contributed by atoms with van der Waals surface area (Å²) in [6, 6.07) is 13.1. The zero-order valence-electron chi connectivity index (χ0n) is 10.8. The Morgan fingerprint density at radius 2 is 1.89 bits per heavy atom. The van der Waals surface area contributed by atoms with E-state index < -0.39 is 6.04 Å². The molecule has 2 aromatic rings. The fourth-order valence-corrected chi connectivity index (χ4v) is 2.06. The molecule has 0 saturated carbocycles. The van der Waals surface area contributed by atoms with Gasteiger partial charge in [0.25, 0.3) is 0 Å². The molecule has 98 valence electrons. The second kappa shape index (κ2) is 5.76. The maximum atomic E-state index is 13.0. The lowest BCUT2D eigenvalue weighted by atomic mass is 9.95. The van der Waals surface area contributed by atoms with Crippen LogP contribution in [0, 0.1) is 12.7 Å². The molecule has 2 N–H and O–H groups in total. The van der Waals surface area contributed by atoms with Crippen molar-refractivity contribution in [2.45, 2.75) is 19.4 Å². The lowest BCUT2D eigenvalue weighted by Gasteiger charge is -2.12. The zero-order chi connectivity index (χ0) is 13.8. The fourth-order valence-electron chi connectivity index (χ4n) is 2.06. The van der Waals surface area contributed by atoms with Gasteiger partial charge in [0.15, 0.2) is 5.78 Å². The molecule has 0 aromatic heterocycles. The summed E-state index contributed by atoms with van der Waals surface area (Å²) >= 11 is 0. The lowest BCUT2D eigenvalue weighted by molar-refractivity contribution is 0.0960. The fraction of sp³-hybridized carbons (Fsp3) is 0.188. The molecule has 0 bridgehead atoms. The molecule has 1 atom stereocenters.